The van der Waals surface area contributed by atoms with Gasteiger partial charge in [0, 0.05) is 26.3 Å². The van der Waals surface area contributed by atoms with Crippen LogP contribution in [0.1, 0.15) is 28.6 Å². The number of nitrogens with zero attached hydrogens (tertiary/aromatic N) is 5. The first kappa shape index (κ1) is 15.7. The van der Waals surface area contributed by atoms with Gasteiger partial charge in [-0.1, -0.05) is 0 Å². The maximum Gasteiger partial charge on any atom is 0.176 e. The molecule has 0 unspecified atom stereocenters. The number of aliphatic hydroxyl groups excluding tert-OH is 1. The summed E-state index contributed by atoms with van der Waals surface area (Å²) in [4.78, 5) is 4.49. The molecule has 0 atom stereocenters. The van der Waals surface area contributed by atoms with Gasteiger partial charge in [-0.25, -0.2) is 9.67 Å². The summed E-state index contributed by atoms with van der Waals surface area (Å²) in [5.74, 6) is 1.53. The quantitative estimate of drug-likeness (QED) is 0.806. The Hall–Kier alpha value is -1.73. The van der Waals surface area contributed by atoms with Crippen molar-refractivity contribution in [2.24, 2.45) is 7.05 Å². The molecule has 7 nitrogen and oxygen atoms in total. The maximum atomic E-state index is 9.13. The number of ether oxygens (including phenoxy) is 1. The van der Waals surface area contributed by atoms with Crippen LogP contribution in [-0.4, -0.2) is 43.4 Å². The van der Waals surface area contributed by atoms with Crippen LogP contribution in [0.25, 0.3) is 0 Å². The van der Waals surface area contributed by atoms with Gasteiger partial charge in [-0.2, -0.15) is 10.2 Å². The van der Waals surface area contributed by atoms with Gasteiger partial charge in [0.1, 0.15) is 12.4 Å². The van der Waals surface area contributed by atoms with E-state index in [1.54, 1.807) is 11.8 Å². The predicted octanol–water partition coefficient (Wildman–Crippen LogP) is 0.552. The van der Waals surface area contributed by atoms with E-state index in [0.29, 0.717) is 19.0 Å². The molecule has 2 aromatic heterocycles. The third-order valence-corrected chi connectivity index (χ3v) is 3.63. The fraction of sp³-hybridized carbons (Fsp3) is 0.643. The number of aliphatic hydroxyl groups is 1. The lowest BCUT2D eigenvalue weighted by Crippen LogP contribution is -2.10. The van der Waals surface area contributed by atoms with Crippen molar-refractivity contribution >= 4 is 0 Å². The van der Waals surface area contributed by atoms with E-state index in [-0.39, 0.29) is 6.61 Å². The van der Waals surface area contributed by atoms with E-state index in [1.807, 2.05) is 18.7 Å². The van der Waals surface area contributed by atoms with Gasteiger partial charge in [-0.15, -0.1) is 0 Å². The molecule has 0 aromatic carbocycles. The Labute approximate surface area is 124 Å². The van der Waals surface area contributed by atoms with Crippen molar-refractivity contribution in [1.29, 1.82) is 0 Å². The number of aryl methyl sites for hydroxylation is 3. The summed E-state index contributed by atoms with van der Waals surface area (Å²) in [6.07, 6.45) is 1.63. The molecule has 0 bridgehead atoms. The highest BCUT2D eigenvalue weighted by Crippen LogP contribution is 2.15. The van der Waals surface area contributed by atoms with E-state index >= 15 is 0 Å². The van der Waals surface area contributed by atoms with Crippen LogP contribution in [0.3, 0.4) is 0 Å². The molecule has 0 aliphatic carbocycles. The Morgan fingerprint density at radius 1 is 1.19 bits per heavy atom. The van der Waals surface area contributed by atoms with Crippen LogP contribution in [0, 0.1) is 13.8 Å². The third kappa shape index (κ3) is 3.48. The molecule has 0 radical (unpaired) electrons. The van der Waals surface area contributed by atoms with E-state index in [2.05, 4.69) is 22.1 Å². The average molecular weight is 293 g/mol. The SMILES string of the molecule is COCc1nc(CCc2c(C)nn(C)c2C)n(CCO)n1. The topological polar surface area (TPSA) is 78.0 Å². The summed E-state index contributed by atoms with van der Waals surface area (Å²) in [5.41, 5.74) is 3.49. The van der Waals surface area contributed by atoms with Crippen LogP contribution in [0.2, 0.25) is 0 Å². The monoisotopic (exact) mass is 293 g/mol. The minimum Gasteiger partial charge on any atom is -0.394 e. The van der Waals surface area contributed by atoms with E-state index < -0.39 is 0 Å². The highest BCUT2D eigenvalue weighted by atomic mass is 16.5. The molecular weight excluding hydrogens is 270 g/mol. The number of hydrogen-bond acceptors (Lipinski definition) is 5. The summed E-state index contributed by atoms with van der Waals surface area (Å²) in [6, 6.07) is 0. The fourth-order valence-electron chi connectivity index (χ4n) is 2.49. The molecule has 0 amide bonds. The van der Waals surface area contributed by atoms with Gasteiger partial charge < -0.3 is 9.84 Å². The lowest BCUT2D eigenvalue weighted by Gasteiger charge is -2.04. The molecule has 0 fully saturated rings. The Bertz CT molecular complexity index is 603. The highest BCUT2D eigenvalue weighted by molar-refractivity contribution is 5.25. The van der Waals surface area contributed by atoms with Crippen molar-refractivity contribution in [3.8, 4) is 0 Å². The molecule has 116 valence electrons. The third-order valence-electron chi connectivity index (χ3n) is 3.63. The standard InChI is InChI=1S/C14H23N5O2/c1-10-12(11(2)18(3)16-10)5-6-14-15-13(9-21-4)17-19(14)7-8-20/h20H,5-9H2,1-4H3. The van der Waals surface area contributed by atoms with Crippen molar-refractivity contribution in [2.45, 2.75) is 39.8 Å². The smallest absolute Gasteiger partial charge is 0.176 e. The Morgan fingerprint density at radius 2 is 1.95 bits per heavy atom. The van der Waals surface area contributed by atoms with Crippen molar-refractivity contribution < 1.29 is 9.84 Å². The Kier molecular flexibility index (Phi) is 5.08. The molecule has 0 aliphatic rings. The van der Waals surface area contributed by atoms with Gasteiger partial charge in [0.05, 0.1) is 18.8 Å². The van der Waals surface area contributed by atoms with Crippen LogP contribution >= 0.6 is 0 Å². The first-order chi connectivity index (χ1) is 10.1. The molecule has 0 saturated heterocycles. The molecule has 0 saturated carbocycles. The maximum absolute atomic E-state index is 9.13. The zero-order valence-corrected chi connectivity index (χ0v) is 13.1. The molecule has 0 aliphatic heterocycles. The van der Waals surface area contributed by atoms with Crippen LogP contribution in [0.4, 0.5) is 0 Å². The second-order valence-corrected chi connectivity index (χ2v) is 5.10. The summed E-state index contributed by atoms with van der Waals surface area (Å²) in [6.45, 7) is 4.99. The summed E-state index contributed by atoms with van der Waals surface area (Å²) in [7, 11) is 3.57. The Balaban J connectivity index is 2.14. The van der Waals surface area contributed by atoms with Gasteiger partial charge in [-0.05, 0) is 25.8 Å². The molecule has 2 heterocycles. The van der Waals surface area contributed by atoms with Gasteiger partial charge in [0.25, 0.3) is 0 Å². The minimum absolute atomic E-state index is 0.0493. The Morgan fingerprint density at radius 3 is 2.52 bits per heavy atom. The minimum atomic E-state index is 0.0493. The normalized spacial score (nSPS) is 11.3. The number of hydrogen-bond donors (Lipinski definition) is 1. The zero-order valence-electron chi connectivity index (χ0n) is 13.1. The fourth-order valence-corrected chi connectivity index (χ4v) is 2.49. The predicted molar refractivity (Wildman–Crippen MR) is 77.9 cm³/mol. The van der Waals surface area contributed by atoms with Crippen LogP contribution in [0.5, 0.6) is 0 Å². The van der Waals surface area contributed by atoms with E-state index in [1.165, 1.54) is 11.3 Å². The van der Waals surface area contributed by atoms with Crippen molar-refractivity contribution in [1.82, 2.24) is 24.5 Å². The van der Waals surface area contributed by atoms with Gasteiger partial charge >= 0.3 is 0 Å². The molecule has 0 spiro atoms. The second-order valence-electron chi connectivity index (χ2n) is 5.10. The van der Waals surface area contributed by atoms with E-state index in [9.17, 15) is 0 Å². The molecule has 2 aromatic rings. The number of rotatable bonds is 7. The lowest BCUT2D eigenvalue weighted by molar-refractivity contribution is 0.177. The summed E-state index contributed by atoms with van der Waals surface area (Å²) in [5, 5.41) is 17.9. The highest BCUT2D eigenvalue weighted by Gasteiger charge is 2.13. The molecule has 21 heavy (non-hydrogen) atoms. The van der Waals surface area contributed by atoms with Crippen molar-refractivity contribution in [3.63, 3.8) is 0 Å². The lowest BCUT2D eigenvalue weighted by atomic mass is 10.1. The van der Waals surface area contributed by atoms with Crippen LogP contribution in [-0.2, 0) is 37.8 Å². The van der Waals surface area contributed by atoms with Gasteiger partial charge in [0.2, 0.25) is 0 Å². The summed E-state index contributed by atoms with van der Waals surface area (Å²) >= 11 is 0. The van der Waals surface area contributed by atoms with Crippen LogP contribution < -0.4 is 0 Å². The zero-order chi connectivity index (χ0) is 15.4. The number of aromatic nitrogens is 5. The van der Waals surface area contributed by atoms with Crippen molar-refractivity contribution in [2.75, 3.05) is 13.7 Å². The van der Waals surface area contributed by atoms with Gasteiger partial charge in [0.15, 0.2) is 5.82 Å². The van der Waals surface area contributed by atoms with E-state index in [0.717, 1.165) is 24.4 Å². The van der Waals surface area contributed by atoms with E-state index in [4.69, 9.17) is 9.84 Å². The molecule has 1 N–H and O–H groups in total. The molecular formula is C14H23N5O2. The molecule has 7 heteroatoms. The number of methoxy groups -OCH3 is 1. The molecule has 2 rings (SSSR count). The first-order valence-electron chi connectivity index (χ1n) is 7.08. The second kappa shape index (κ2) is 6.82. The largest absolute Gasteiger partial charge is 0.394 e. The van der Waals surface area contributed by atoms with Gasteiger partial charge in [-0.3, -0.25) is 4.68 Å². The first-order valence-corrected chi connectivity index (χ1v) is 7.08. The van der Waals surface area contributed by atoms with Crippen molar-refractivity contribution in [3.05, 3.63) is 28.6 Å². The summed E-state index contributed by atoms with van der Waals surface area (Å²) < 4.78 is 8.73. The van der Waals surface area contributed by atoms with Crippen LogP contribution in [0.15, 0.2) is 0 Å². The average Bonchev–Trinajstić information content (AvgIpc) is 2.91.